The predicted octanol–water partition coefficient (Wildman–Crippen LogP) is 5.86. The third kappa shape index (κ3) is 5.63. The Labute approximate surface area is 189 Å². The molecule has 0 aliphatic rings. The highest BCUT2D eigenvalue weighted by atomic mass is 16.5. The van der Waals surface area contributed by atoms with Gasteiger partial charge in [-0.2, -0.15) is 0 Å². The number of hydrogen-bond acceptors (Lipinski definition) is 5. The molecule has 6 nitrogen and oxygen atoms in total. The molecule has 1 amide bonds. The molecule has 0 saturated carbocycles. The summed E-state index contributed by atoms with van der Waals surface area (Å²) in [6, 6.07) is 13.1. The van der Waals surface area contributed by atoms with E-state index in [4.69, 9.17) is 19.4 Å². The summed E-state index contributed by atoms with van der Waals surface area (Å²) in [5.41, 5.74) is 3.51. The lowest BCUT2D eigenvalue weighted by atomic mass is 10.0. The molecule has 0 fully saturated rings. The van der Waals surface area contributed by atoms with Gasteiger partial charge in [0, 0.05) is 5.39 Å². The summed E-state index contributed by atoms with van der Waals surface area (Å²) in [6.45, 7) is 10.3. The van der Waals surface area contributed by atoms with Gasteiger partial charge in [0.25, 0.3) is 0 Å². The lowest BCUT2D eigenvalue weighted by molar-refractivity contribution is 0.133. The molecule has 2 aromatic carbocycles. The van der Waals surface area contributed by atoms with E-state index in [0.29, 0.717) is 23.9 Å². The number of alkyl carbamates (subject to hydrolysis) is 1. The molecule has 3 rings (SSSR count). The van der Waals surface area contributed by atoms with Gasteiger partial charge in [0.2, 0.25) is 0 Å². The lowest BCUT2D eigenvalue weighted by Crippen LogP contribution is -2.31. The Bertz CT molecular complexity index is 1080. The molecule has 3 aromatic rings. The van der Waals surface area contributed by atoms with Crippen LogP contribution in [-0.4, -0.2) is 23.2 Å². The van der Waals surface area contributed by atoms with Gasteiger partial charge in [-0.05, 0) is 42.0 Å². The third-order valence-electron chi connectivity index (χ3n) is 5.20. The number of amides is 1. The van der Waals surface area contributed by atoms with E-state index in [2.05, 4.69) is 32.7 Å². The summed E-state index contributed by atoms with van der Waals surface area (Å²) in [5, 5.41) is 3.90. The maximum absolute atomic E-state index is 12.6. The van der Waals surface area contributed by atoms with Crippen molar-refractivity contribution in [1.29, 1.82) is 0 Å². The van der Waals surface area contributed by atoms with Crippen LogP contribution in [0.5, 0.6) is 5.75 Å². The van der Waals surface area contributed by atoms with E-state index in [9.17, 15) is 4.79 Å². The first-order valence-corrected chi connectivity index (χ1v) is 10.9. The Morgan fingerprint density at radius 2 is 1.94 bits per heavy atom. The minimum absolute atomic E-state index is 0.206. The van der Waals surface area contributed by atoms with Crippen LogP contribution >= 0.6 is 0 Å². The molecule has 1 heterocycles. The van der Waals surface area contributed by atoms with Gasteiger partial charge in [0.05, 0.1) is 18.8 Å². The number of nitrogens with one attached hydrogen (secondary N) is 1. The van der Waals surface area contributed by atoms with Crippen molar-refractivity contribution < 1.29 is 14.3 Å². The largest absolute Gasteiger partial charge is 0.494 e. The Balaban J connectivity index is 1.93. The van der Waals surface area contributed by atoms with Crippen molar-refractivity contribution in [3.05, 3.63) is 71.7 Å². The zero-order valence-corrected chi connectivity index (χ0v) is 19.2. The molecule has 1 atom stereocenters. The minimum Gasteiger partial charge on any atom is -0.494 e. The van der Waals surface area contributed by atoms with Crippen LogP contribution in [0.15, 0.2) is 49.0 Å². The van der Waals surface area contributed by atoms with Crippen molar-refractivity contribution in [2.45, 2.75) is 46.3 Å². The van der Waals surface area contributed by atoms with Crippen molar-refractivity contribution in [2.75, 3.05) is 7.11 Å². The van der Waals surface area contributed by atoms with Crippen LogP contribution in [0.25, 0.3) is 17.0 Å². The number of aryl methyl sites for hydroxylation is 1. The number of nitrogens with zero attached hydrogens (tertiary/aromatic N) is 2. The SMILES string of the molecule is C=Cc1cc(OC)c2nc(C(CC(C)C)NC(=O)OCc3ccccc3)nc(CC)c2c1. The number of carbonyl (C=O) groups is 1. The van der Waals surface area contributed by atoms with Crippen molar-refractivity contribution in [3.63, 3.8) is 0 Å². The standard InChI is InChI=1S/C26H31N3O3/c1-6-18-14-20-21(7-2)27-25(29-24(20)23(15-18)31-5)22(13-17(3)4)28-26(30)32-16-19-11-9-8-10-12-19/h6,8-12,14-15,17,22H,1,7,13,16H2,2-5H3,(H,28,30). The third-order valence-corrected chi connectivity index (χ3v) is 5.20. The fourth-order valence-corrected chi connectivity index (χ4v) is 3.61. The number of carbonyl (C=O) groups excluding carboxylic acids is 1. The predicted molar refractivity (Wildman–Crippen MR) is 128 cm³/mol. The fourth-order valence-electron chi connectivity index (χ4n) is 3.61. The molecule has 168 valence electrons. The van der Waals surface area contributed by atoms with Crippen LogP contribution in [0.4, 0.5) is 4.79 Å². The van der Waals surface area contributed by atoms with Crippen molar-refractivity contribution in [2.24, 2.45) is 5.92 Å². The molecule has 0 bridgehead atoms. The lowest BCUT2D eigenvalue weighted by Gasteiger charge is -2.21. The molecule has 1 unspecified atom stereocenters. The van der Waals surface area contributed by atoms with E-state index in [0.717, 1.165) is 34.1 Å². The van der Waals surface area contributed by atoms with Crippen LogP contribution < -0.4 is 10.1 Å². The van der Waals surface area contributed by atoms with Crippen molar-refractivity contribution in [3.8, 4) is 5.75 Å². The van der Waals surface area contributed by atoms with E-state index in [1.54, 1.807) is 13.2 Å². The summed E-state index contributed by atoms with van der Waals surface area (Å²) in [4.78, 5) is 22.2. The molecule has 0 spiro atoms. The quantitative estimate of drug-likeness (QED) is 0.458. The first kappa shape index (κ1) is 23.3. The number of rotatable bonds is 9. The number of aromatic nitrogens is 2. The molecule has 1 aromatic heterocycles. The Hall–Kier alpha value is -3.41. The van der Waals surface area contributed by atoms with Gasteiger partial charge in [-0.3, -0.25) is 0 Å². The molecular weight excluding hydrogens is 402 g/mol. The summed E-state index contributed by atoms with van der Waals surface area (Å²) in [7, 11) is 1.62. The molecule has 0 aliphatic heterocycles. The molecule has 0 saturated heterocycles. The highest BCUT2D eigenvalue weighted by Crippen LogP contribution is 2.31. The van der Waals surface area contributed by atoms with Crippen LogP contribution in [0.1, 0.15) is 55.9 Å². The average Bonchev–Trinajstić information content (AvgIpc) is 2.81. The number of benzene rings is 2. The van der Waals surface area contributed by atoms with Crippen molar-refractivity contribution >= 4 is 23.1 Å². The van der Waals surface area contributed by atoms with E-state index in [-0.39, 0.29) is 12.6 Å². The maximum atomic E-state index is 12.6. The Kier molecular flexibility index (Phi) is 7.82. The topological polar surface area (TPSA) is 73.3 Å². The molecule has 0 radical (unpaired) electrons. The summed E-state index contributed by atoms with van der Waals surface area (Å²) >= 11 is 0. The van der Waals surface area contributed by atoms with Crippen LogP contribution in [-0.2, 0) is 17.8 Å². The van der Waals surface area contributed by atoms with Crippen LogP contribution in [0, 0.1) is 5.92 Å². The van der Waals surface area contributed by atoms with E-state index >= 15 is 0 Å². The average molecular weight is 434 g/mol. The van der Waals surface area contributed by atoms with Gasteiger partial charge in [0.1, 0.15) is 17.9 Å². The molecule has 0 aliphatic carbocycles. The minimum atomic E-state index is -0.491. The highest BCUT2D eigenvalue weighted by Gasteiger charge is 2.22. The van der Waals surface area contributed by atoms with Gasteiger partial charge in [-0.25, -0.2) is 14.8 Å². The highest BCUT2D eigenvalue weighted by molar-refractivity contribution is 5.89. The van der Waals surface area contributed by atoms with E-state index in [1.807, 2.05) is 42.5 Å². The monoisotopic (exact) mass is 433 g/mol. The second kappa shape index (κ2) is 10.8. The van der Waals surface area contributed by atoms with Gasteiger partial charge in [-0.1, -0.05) is 63.8 Å². The number of methoxy groups -OCH3 is 1. The normalized spacial score (nSPS) is 11.9. The number of ether oxygens (including phenoxy) is 2. The van der Waals surface area contributed by atoms with Gasteiger partial charge >= 0.3 is 6.09 Å². The zero-order chi connectivity index (χ0) is 23.1. The summed E-state index contributed by atoms with van der Waals surface area (Å²) in [5.74, 6) is 1.54. The van der Waals surface area contributed by atoms with Crippen molar-refractivity contribution in [1.82, 2.24) is 15.3 Å². The fraction of sp³-hybridized carbons (Fsp3) is 0.346. The smallest absolute Gasteiger partial charge is 0.408 e. The molecule has 32 heavy (non-hydrogen) atoms. The van der Waals surface area contributed by atoms with Gasteiger partial charge < -0.3 is 14.8 Å². The molecule has 6 heteroatoms. The second-order valence-electron chi connectivity index (χ2n) is 8.09. The van der Waals surface area contributed by atoms with E-state index in [1.165, 1.54) is 0 Å². The number of hydrogen-bond donors (Lipinski definition) is 1. The van der Waals surface area contributed by atoms with Crippen LogP contribution in [0.3, 0.4) is 0 Å². The van der Waals surface area contributed by atoms with E-state index < -0.39 is 6.09 Å². The molecule has 1 N–H and O–H groups in total. The first-order chi connectivity index (χ1) is 15.4. The molecular formula is C26H31N3O3. The van der Waals surface area contributed by atoms with Gasteiger partial charge in [0.15, 0.2) is 5.82 Å². The van der Waals surface area contributed by atoms with Gasteiger partial charge in [-0.15, -0.1) is 0 Å². The Morgan fingerprint density at radius 1 is 1.19 bits per heavy atom. The number of fused-ring (bicyclic) bond motifs is 1. The van der Waals surface area contributed by atoms with Crippen LogP contribution in [0.2, 0.25) is 0 Å². The maximum Gasteiger partial charge on any atom is 0.408 e. The second-order valence-corrected chi connectivity index (χ2v) is 8.09. The summed E-state index contributed by atoms with van der Waals surface area (Å²) in [6.07, 6.45) is 2.70. The Morgan fingerprint density at radius 3 is 2.56 bits per heavy atom. The zero-order valence-electron chi connectivity index (χ0n) is 19.2. The first-order valence-electron chi connectivity index (χ1n) is 10.9. The summed E-state index contributed by atoms with van der Waals surface area (Å²) < 4.78 is 11.0.